The third-order valence-electron chi connectivity index (χ3n) is 14.7. The number of phenolic OH excluding ortho intramolecular Hbond substituents is 1. The maximum absolute atomic E-state index is 9.28. The molecule has 78 heavy (non-hydrogen) atoms. The number of benzene rings is 2. The minimum atomic E-state index is -0.964. The van der Waals surface area contributed by atoms with Gasteiger partial charge in [0.2, 0.25) is 0 Å². The van der Waals surface area contributed by atoms with Crippen molar-refractivity contribution >= 4 is 32.3 Å². The molecule has 0 fully saturated rings. The molecule has 2 aromatic carbocycles. The molecule has 0 saturated carbocycles. The molecular weight excluding hydrogens is 1020 g/mol. The number of aliphatic hydroxyl groups excluding tert-OH is 1. The van der Waals surface area contributed by atoms with Crippen LogP contribution < -0.4 is 4.74 Å². The standard InChI is InChI=1S/C33H58N2OSi2.C18H24N2O.C13H32OSi2.3CH4/c1-7-8-9-10-13-16-19-30-28-34-33(35-29-30)31-20-22-32(23-21-31)36-24-17-14-11-12-15-18-25-38(5,6)27-26-37(2,3)4;1-2-3-4-5-6-7-8-15-13-19-18(20-14-15)16-9-11-17(21)12-10-16;1-15(2,3)12-13-16(4,5)11-9-7-6-8-10-14;;;/h20-23,28-29H,7-19,24-27H2,1-6H3;9-14,21H,2-8H2,1H3;14H,6-13H2,1-5H3;3*1H4. The lowest BCUT2D eigenvalue weighted by atomic mass is 10.1. The van der Waals surface area contributed by atoms with Crippen molar-refractivity contribution in [3.05, 3.63) is 84.4 Å². The second kappa shape index (κ2) is 44.7. The topological polar surface area (TPSA) is 101 Å². The Kier molecular flexibility index (Phi) is 44.1. The Morgan fingerprint density at radius 2 is 0.718 bits per heavy atom. The molecule has 0 unspecified atom stereocenters. The van der Waals surface area contributed by atoms with E-state index < -0.39 is 32.3 Å². The van der Waals surface area contributed by atoms with Crippen molar-refractivity contribution in [3.63, 3.8) is 0 Å². The first-order valence-corrected chi connectivity index (χ1v) is 44.7. The van der Waals surface area contributed by atoms with Gasteiger partial charge in [0.1, 0.15) is 11.5 Å². The van der Waals surface area contributed by atoms with Crippen LogP contribution in [0.25, 0.3) is 22.8 Å². The van der Waals surface area contributed by atoms with Gasteiger partial charge in [-0.15, -0.1) is 0 Å². The van der Waals surface area contributed by atoms with Crippen molar-refractivity contribution in [2.75, 3.05) is 13.2 Å². The second-order valence-corrected chi connectivity index (χ2v) is 47.9. The van der Waals surface area contributed by atoms with E-state index >= 15 is 0 Å². The van der Waals surface area contributed by atoms with Gasteiger partial charge in [-0.3, -0.25) is 0 Å². The SMILES string of the molecule is C.C.C.CCCCCCCCc1cnc(-c2ccc(O)cc2)nc1.CCCCCCCCc1cnc(-c2ccc(OCCCCCCCC[Si](C)(C)CC[Si](C)(C)C)cc2)nc1.C[Si](C)(C)CC[Si](C)(C)CCCCCCO. The molecule has 4 rings (SSSR count). The number of hydrogen-bond donors (Lipinski definition) is 2. The number of aliphatic hydroxyl groups is 1. The van der Waals surface area contributed by atoms with E-state index in [2.05, 4.69) is 124 Å². The third-order valence-corrected chi connectivity index (χ3v) is 25.8. The molecule has 0 aliphatic carbocycles. The number of hydrogen-bond acceptors (Lipinski definition) is 7. The molecule has 0 radical (unpaired) electrons. The Hall–Kier alpha value is -2.97. The zero-order chi connectivity index (χ0) is 55.3. The summed E-state index contributed by atoms with van der Waals surface area (Å²) in [5.41, 5.74) is 4.43. The highest BCUT2D eigenvalue weighted by atomic mass is 28.3. The number of aromatic hydroxyl groups is 1. The quantitative estimate of drug-likeness (QED) is 0.0341. The number of aryl methyl sites for hydroxylation is 2. The Morgan fingerprint density at radius 1 is 0.385 bits per heavy atom. The van der Waals surface area contributed by atoms with Crippen LogP contribution in [-0.4, -0.2) is 75.7 Å². The average Bonchev–Trinajstić information content (AvgIpc) is 3.37. The Bertz CT molecular complexity index is 1970. The van der Waals surface area contributed by atoms with Gasteiger partial charge in [0.05, 0.1) is 6.61 Å². The van der Waals surface area contributed by atoms with Gasteiger partial charge in [-0.2, -0.15) is 0 Å². The summed E-state index contributed by atoms with van der Waals surface area (Å²) in [5, 5.41) is 18.0. The van der Waals surface area contributed by atoms with Gasteiger partial charge < -0.3 is 14.9 Å². The predicted octanol–water partition coefficient (Wildman–Crippen LogP) is 22.1. The van der Waals surface area contributed by atoms with Crippen LogP contribution in [0.15, 0.2) is 73.3 Å². The minimum Gasteiger partial charge on any atom is -0.508 e. The maximum Gasteiger partial charge on any atom is 0.159 e. The molecule has 11 heteroatoms. The zero-order valence-electron chi connectivity index (χ0n) is 50.6. The maximum atomic E-state index is 9.28. The average molecular weight is 1150 g/mol. The second-order valence-electron chi connectivity index (χ2n) is 26.0. The van der Waals surface area contributed by atoms with Crippen molar-refractivity contribution in [2.45, 2.75) is 292 Å². The van der Waals surface area contributed by atoms with Crippen LogP contribution in [0.3, 0.4) is 0 Å². The van der Waals surface area contributed by atoms with Crippen molar-refractivity contribution < 1.29 is 14.9 Å². The highest BCUT2D eigenvalue weighted by molar-refractivity contribution is 6.82. The zero-order valence-corrected chi connectivity index (χ0v) is 54.6. The van der Waals surface area contributed by atoms with E-state index in [4.69, 9.17) is 9.84 Å². The fraction of sp³-hybridized carbons (Fsp3) is 0.701. The Morgan fingerprint density at radius 3 is 1.09 bits per heavy atom. The number of aromatic nitrogens is 4. The summed E-state index contributed by atoms with van der Waals surface area (Å²) in [6.07, 6.45) is 38.6. The molecule has 0 bridgehead atoms. The summed E-state index contributed by atoms with van der Waals surface area (Å²) in [6, 6.07) is 24.3. The van der Waals surface area contributed by atoms with Crippen molar-refractivity contribution in [1.29, 1.82) is 0 Å². The monoisotopic (exact) mass is 1150 g/mol. The molecule has 4 aromatic rings. The van der Waals surface area contributed by atoms with Crippen molar-refractivity contribution in [3.8, 4) is 34.3 Å². The molecule has 0 aliphatic rings. The van der Waals surface area contributed by atoms with E-state index in [9.17, 15) is 5.11 Å². The first kappa shape index (κ1) is 77.1. The van der Waals surface area contributed by atoms with Gasteiger partial charge in [0.15, 0.2) is 11.6 Å². The van der Waals surface area contributed by atoms with Gasteiger partial charge in [-0.05, 0) is 98.2 Å². The molecule has 0 spiro atoms. The summed E-state index contributed by atoms with van der Waals surface area (Å²) >= 11 is 0. The van der Waals surface area contributed by atoms with Gasteiger partial charge in [-0.25, -0.2) is 19.9 Å². The fourth-order valence-corrected chi connectivity index (χ4v) is 23.5. The highest BCUT2D eigenvalue weighted by Gasteiger charge is 2.25. The lowest BCUT2D eigenvalue weighted by molar-refractivity contribution is 0.283. The summed E-state index contributed by atoms with van der Waals surface area (Å²) in [7, 11) is -3.57. The van der Waals surface area contributed by atoms with E-state index in [1.807, 2.05) is 36.9 Å². The molecule has 0 amide bonds. The van der Waals surface area contributed by atoms with Gasteiger partial charge >= 0.3 is 0 Å². The van der Waals surface area contributed by atoms with Crippen LogP contribution in [0.1, 0.15) is 189 Å². The Balaban J connectivity index is 0. The van der Waals surface area contributed by atoms with Gasteiger partial charge in [-0.1, -0.05) is 253 Å². The van der Waals surface area contributed by atoms with E-state index in [0.717, 1.165) is 55.0 Å². The van der Waals surface area contributed by atoms with Crippen LogP contribution in [0.4, 0.5) is 0 Å². The molecule has 2 aromatic heterocycles. The normalized spacial score (nSPS) is 11.5. The summed E-state index contributed by atoms with van der Waals surface area (Å²) < 4.78 is 5.99. The number of rotatable bonds is 38. The van der Waals surface area contributed by atoms with E-state index in [-0.39, 0.29) is 28.0 Å². The molecule has 7 nitrogen and oxygen atoms in total. The first-order chi connectivity index (χ1) is 35.7. The first-order valence-electron chi connectivity index (χ1n) is 30.5. The molecule has 0 saturated heterocycles. The summed E-state index contributed by atoms with van der Waals surface area (Å²) in [4.78, 5) is 18.0. The van der Waals surface area contributed by atoms with E-state index in [1.54, 1.807) is 18.2 Å². The molecule has 2 N–H and O–H groups in total. The molecular formula is C67H126N4O3Si4. The highest BCUT2D eigenvalue weighted by Crippen LogP contribution is 2.28. The fourth-order valence-electron chi connectivity index (χ4n) is 9.14. The summed E-state index contributed by atoms with van der Waals surface area (Å²) in [6.45, 7) is 31.0. The number of nitrogens with zero attached hydrogens (tertiary/aromatic N) is 4. The number of phenols is 1. The van der Waals surface area contributed by atoms with Crippen molar-refractivity contribution in [1.82, 2.24) is 19.9 Å². The van der Waals surface area contributed by atoms with Gasteiger partial charge in [0.25, 0.3) is 0 Å². The van der Waals surface area contributed by atoms with Gasteiger partial charge in [0, 0.05) is 74.8 Å². The molecule has 0 atom stereocenters. The Labute approximate surface area is 488 Å². The molecule has 448 valence electrons. The minimum absolute atomic E-state index is 0. The third kappa shape index (κ3) is 41.1. The lowest BCUT2D eigenvalue weighted by Gasteiger charge is -2.26. The van der Waals surface area contributed by atoms with Crippen LogP contribution in [0.2, 0.25) is 102 Å². The smallest absolute Gasteiger partial charge is 0.159 e. The largest absolute Gasteiger partial charge is 0.508 e. The van der Waals surface area contributed by atoms with Crippen molar-refractivity contribution in [2.24, 2.45) is 0 Å². The van der Waals surface area contributed by atoms with E-state index in [1.165, 1.54) is 170 Å². The van der Waals surface area contributed by atoms with Crippen LogP contribution in [-0.2, 0) is 12.8 Å². The van der Waals surface area contributed by atoms with Crippen LogP contribution >= 0.6 is 0 Å². The number of ether oxygens (including phenoxy) is 1. The molecule has 2 heterocycles. The van der Waals surface area contributed by atoms with Crippen LogP contribution in [0.5, 0.6) is 11.5 Å². The summed E-state index contributed by atoms with van der Waals surface area (Å²) in [5.74, 6) is 2.71. The lowest BCUT2D eigenvalue weighted by Crippen LogP contribution is -2.30. The predicted molar refractivity (Wildman–Crippen MR) is 360 cm³/mol. The number of unbranched alkanes of at least 4 members (excludes halogenated alkanes) is 18. The van der Waals surface area contributed by atoms with E-state index in [0.29, 0.717) is 12.4 Å². The molecule has 0 aliphatic heterocycles. The van der Waals surface area contributed by atoms with Crippen LogP contribution in [0, 0.1) is 0 Å².